The first-order chi connectivity index (χ1) is 11.8. The van der Waals surface area contributed by atoms with Gasteiger partial charge in [0.1, 0.15) is 5.69 Å². The van der Waals surface area contributed by atoms with Crippen molar-refractivity contribution in [3.8, 4) is 0 Å². The lowest BCUT2D eigenvalue weighted by Gasteiger charge is -2.21. The second-order valence-corrected chi connectivity index (χ2v) is 7.17. The summed E-state index contributed by atoms with van der Waals surface area (Å²) in [6.45, 7) is 7.33. The fourth-order valence-electron chi connectivity index (χ4n) is 2.12. The van der Waals surface area contributed by atoms with Crippen LogP contribution in [0.3, 0.4) is 0 Å². The molecule has 0 bridgehead atoms. The Morgan fingerprint density at radius 2 is 1.77 bits per heavy atom. The average Bonchev–Trinajstić information content (AvgIpc) is 2.45. The van der Waals surface area contributed by atoms with Crippen molar-refractivity contribution in [2.75, 3.05) is 10.6 Å². The van der Waals surface area contributed by atoms with Crippen LogP contribution in [0.1, 0.15) is 42.5 Å². The molecule has 1 heterocycles. The van der Waals surface area contributed by atoms with Crippen LogP contribution in [0.25, 0.3) is 0 Å². The predicted molar refractivity (Wildman–Crippen MR) is 94.6 cm³/mol. The highest BCUT2D eigenvalue weighted by Crippen LogP contribution is 2.36. The second-order valence-electron chi connectivity index (χ2n) is 6.73. The van der Waals surface area contributed by atoms with E-state index >= 15 is 0 Å². The summed E-state index contributed by atoms with van der Waals surface area (Å²) in [6.07, 6.45) is -4.66. The lowest BCUT2D eigenvalue weighted by Crippen LogP contribution is -2.28. The Morgan fingerprint density at radius 3 is 2.35 bits per heavy atom. The summed E-state index contributed by atoms with van der Waals surface area (Å²) < 4.78 is 39.4. The number of anilines is 2. The maximum atomic E-state index is 13.1. The summed E-state index contributed by atoms with van der Waals surface area (Å²) in [5.74, 6) is -0.560. The number of benzene rings is 1. The number of halogens is 4. The van der Waals surface area contributed by atoms with Crippen LogP contribution in [-0.2, 0) is 6.18 Å². The number of carbonyl (C=O) groups is 1. The molecular weight excluding hydrogens is 369 g/mol. The van der Waals surface area contributed by atoms with Crippen LogP contribution in [-0.4, -0.2) is 21.4 Å². The number of aryl methyl sites for hydroxylation is 1. The maximum Gasteiger partial charge on any atom is 0.418 e. The largest absolute Gasteiger partial charge is 0.418 e. The minimum absolute atomic E-state index is 0.0488. The average molecular weight is 387 g/mol. The van der Waals surface area contributed by atoms with E-state index in [1.54, 1.807) is 6.92 Å². The van der Waals surface area contributed by atoms with Gasteiger partial charge >= 0.3 is 6.18 Å². The van der Waals surface area contributed by atoms with Crippen LogP contribution in [0, 0.1) is 6.92 Å². The molecule has 2 rings (SSSR count). The molecule has 1 aromatic carbocycles. The van der Waals surface area contributed by atoms with Gasteiger partial charge in [0, 0.05) is 16.3 Å². The zero-order chi connectivity index (χ0) is 19.7. The van der Waals surface area contributed by atoms with Crippen LogP contribution in [0.2, 0.25) is 5.02 Å². The summed E-state index contributed by atoms with van der Waals surface area (Å²) in [4.78, 5) is 20.7. The molecule has 0 atom stereocenters. The Balaban J connectivity index is 2.34. The van der Waals surface area contributed by atoms with Crippen molar-refractivity contribution in [1.82, 2.24) is 9.97 Å². The molecule has 2 aromatic rings. The van der Waals surface area contributed by atoms with E-state index in [1.165, 1.54) is 12.1 Å². The first-order valence-electron chi connectivity index (χ1n) is 7.67. The highest BCUT2D eigenvalue weighted by Gasteiger charge is 2.34. The van der Waals surface area contributed by atoms with Gasteiger partial charge in [-0.15, -0.1) is 0 Å². The van der Waals surface area contributed by atoms with Crippen molar-refractivity contribution in [2.24, 2.45) is 0 Å². The van der Waals surface area contributed by atoms with Crippen molar-refractivity contribution in [3.63, 3.8) is 0 Å². The monoisotopic (exact) mass is 386 g/mol. The SMILES string of the molecule is Cc1cc(C(=O)Nc2ccc(Cl)cc2C(F)(F)F)nc(NC(C)(C)C)n1. The molecule has 0 saturated heterocycles. The number of nitrogens with one attached hydrogen (secondary N) is 2. The fourth-order valence-corrected chi connectivity index (χ4v) is 2.29. The van der Waals surface area contributed by atoms with Gasteiger partial charge in [-0.05, 0) is 52.0 Å². The molecule has 0 aliphatic rings. The van der Waals surface area contributed by atoms with Gasteiger partial charge in [0.05, 0.1) is 11.3 Å². The van der Waals surface area contributed by atoms with Crippen LogP contribution in [0.15, 0.2) is 24.3 Å². The van der Waals surface area contributed by atoms with Gasteiger partial charge in [-0.3, -0.25) is 4.79 Å². The van der Waals surface area contributed by atoms with Crippen molar-refractivity contribution >= 4 is 29.1 Å². The van der Waals surface area contributed by atoms with E-state index in [2.05, 4.69) is 20.6 Å². The van der Waals surface area contributed by atoms with Crippen molar-refractivity contribution < 1.29 is 18.0 Å². The fraction of sp³-hybridized carbons (Fsp3) is 0.353. The van der Waals surface area contributed by atoms with E-state index in [9.17, 15) is 18.0 Å². The molecule has 0 spiro atoms. The second kappa shape index (κ2) is 7.11. The van der Waals surface area contributed by atoms with E-state index < -0.39 is 23.3 Å². The highest BCUT2D eigenvalue weighted by atomic mass is 35.5. The predicted octanol–water partition coefficient (Wildman–Crippen LogP) is 4.92. The van der Waals surface area contributed by atoms with Crippen LogP contribution in [0.5, 0.6) is 0 Å². The van der Waals surface area contributed by atoms with E-state index in [1.807, 2.05) is 20.8 Å². The molecule has 1 amide bonds. The molecule has 0 fully saturated rings. The van der Waals surface area contributed by atoms with Gasteiger partial charge in [0.25, 0.3) is 5.91 Å². The molecule has 5 nitrogen and oxygen atoms in total. The Bertz CT molecular complexity index is 832. The molecule has 140 valence electrons. The number of hydrogen-bond donors (Lipinski definition) is 2. The van der Waals surface area contributed by atoms with Crippen molar-refractivity contribution in [1.29, 1.82) is 0 Å². The molecular formula is C17H18ClF3N4O. The third-order valence-electron chi connectivity index (χ3n) is 3.11. The number of hydrogen-bond acceptors (Lipinski definition) is 4. The summed E-state index contributed by atoms with van der Waals surface area (Å²) in [7, 11) is 0. The quantitative estimate of drug-likeness (QED) is 0.785. The Morgan fingerprint density at radius 1 is 1.12 bits per heavy atom. The Labute approximate surface area is 154 Å². The third kappa shape index (κ3) is 5.32. The number of carbonyl (C=O) groups excluding carboxylic acids is 1. The zero-order valence-electron chi connectivity index (χ0n) is 14.6. The highest BCUT2D eigenvalue weighted by molar-refractivity contribution is 6.30. The minimum Gasteiger partial charge on any atom is -0.350 e. The first-order valence-corrected chi connectivity index (χ1v) is 8.05. The van der Waals surface area contributed by atoms with Crippen molar-refractivity contribution in [2.45, 2.75) is 39.4 Å². The molecule has 0 radical (unpaired) electrons. The van der Waals surface area contributed by atoms with Gasteiger partial charge < -0.3 is 10.6 Å². The van der Waals surface area contributed by atoms with Crippen molar-refractivity contribution in [3.05, 3.63) is 46.2 Å². The first kappa shape index (κ1) is 20.0. The van der Waals surface area contributed by atoms with E-state index in [0.29, 0.717) is 5.69 Å². The molecule has 26 heavy (non-hydrogen) atoms. The molecule has 9 heteroatoms. The minimum atomic E-state index is -4.66. The van der Waals surface area contributed by atoms with Crippen LogP contribution in [0.4, 0.5) is 24.8 Å². The zero-order valence-corrected chi connectivity index (χ0v) is 15.4. The van der Waals surface area contributed by atoms with Gasteiger partial charge in [0.2, 0.25) is 5.95 Å². The van der Waals surface area contributed by atoms with Crippen LogP contribution >= 0.6 is 11.6 Å². The summed E-state index contributed by atoms with van der Waals surface area (Å²) in [5, 5.41) is 5.19. The van der Waals surface area contributed by atoms with Gasteiger partial charge in [-0.1, -0.05) is 11.6 Å². The standard InChI is InChI=1S/C17H18ClF3N4O/c1-9-7-13(24-15(22-9)25-16(2,3)4)14(26)23-12-6-5-10(18)8-11(12)17(19,20)21/h5-8H,1-4H3,(H,23,26)(H,22,24,25). The van der Waals surface area contributed by atoms with E-state index in [-0.39, 0.29) is 22.2 Å². The molecule has 0 saturated carbocycles. The lowest BCUT2D eigenvalue weighted by atomic mass is 10.1. The maximum absolute atomic E-state index is 13.1. The smallest absolute Gasteiger partial charge is 0.350 e. The molecule has 1 aromatic heterocycles. The number of alkyl halides is 3. The summed E-state index contributed by atoms with van der Waals surface area (Å²) in [6, 6.07) is 4.52. The molecule has 0 unspecified atom stereocenters. The summed E-state index contributed by atoms with van der Waals surface area (Å²) >= 11 is 5.64. The van der Waals surface area contributed by atoms with Crippen LogP contribution < -0.4 is 10.6 Å². The third-order valence-corrected chi connectivity index (χ3v) is 3.34. The normalized spacial score (nSPS) is 12.0. The number of aromatic nitrogens is 2. The Hall–Kier alpha value is -2.35. The van der Waals surface area contributed by atoms with E-state index in [0.717, 1.165) is 12.1 Å². The Kier molecular flexibility index (Phi) is 5.46. The lowest BCUT2D eigenvalue weighted by molar-refractivity contribution is -0.136. The van der Waals surface area contributed by atoms with Gasteiger partial charge in [0.15, 0.2) is 0 Å². The molecule has 2 N–H and O–H groups in total. The number of amides is 1. The number of nitrogens with zero attached hydrogens (tertiary/aromatic N) is 2. The van der Waals surface area contributed by atoms with Gasteiger partial charge in [-0.2, -0.15) is 13.2 Å². The van der Waals surface area contributed by atoms with Gasteiger partial charge in [-0.25, -0.2) is 9.97 Å². The number of rotatable bonds is 3. The topological polar surface area (TPSA) is 66.9 Å². The summed E-state index contributed by atoms with van der Waals surface area (Å²) in [5.41, 5.74) is -1.32. The van der Waals surface area contributed by atoms with E-state index in [4.69, 9.17) is 11.6 Å². The molecule has 0 aliphatic heterocycles. The molecule has 0 aliphatic carbocycles.